The van der Waals surface area contributed by atoms with Gasteiger partial charge in [-0.2, -0.15) is 5.10 Å². The number of aryl methyl sites for hydroxylation is 2. The first-order chi connectivity index (χ1) is 12.1. The standard InChI is InChI=1S/C20H18ClN3O/c1-13-6-5-7-14(2)19(13)23-11-10-17-18(23)12-24(22-17)20(25)15-8-3-4-9-16(15)21/h3-9,12H,10-11H2,1-2H3. The van der Waals surface area contributed by atoms with Gasteiger partial charge in [-0.15, -0.1) is 0 Å². The zero-order valence-electron chi connectivity index (χ0n) is 14.2. The summed E-state index contributed by atoms with van der Waals surface area (Å²) in [6.07, 6.45) is 2.64. The van der Waals surface area contributed by atoms with E-state index in [1.165, 1.54) is 21.5 Å². The molecule has 0 aliphatic carbocycles. The second kappa shape index (κ2) is 6.05. The number of carbonyl (C=O) groups excluding carboxylic acids is 1. The molecule has 0 amide bonds. The van der Waals surface area contributed by atoms with E-state index in [1.807, 2.05) is 12.3 Å². The second-order valence-corrected chi connectivity index (χ2v) is 6.74. The summed E-state index contributed by atoms with van der Waals surface area (Å²) in [5, 5.41) is 4.95. The maximum absolute atomic E-state index is 12.7. The smallest absolute Gasteiger partial charge is 0.279 e. The molecule has 1 aliphatic heterocycles. The Labute approximate surface area is 151 Å². The highest BCUT2D eigenvalue weighted by molar-refractivity contribution is 6.33. The lowest BCUT2D eigenvalue weighted by Gasteiger charge is -2.22. The Morgan fingerprint density at radius 3 is 2.52 bits per heavy atom. The highest BCUT2D eigenvalue weighted by atomic mass is 35.5. The quantitative estimate of drug-likeness (QED) is 0.680. The lowest BCUT2D eigenvalue weighted by molar-refractivity contribution is 0.0944. The van der Waals surface area contributed by atoms with Gasteiger partial charge in [-0.25, -0.2) is 4.68 Å². The Balaban J connectivity index is 1.74. The van der Waals surface area contributed by atoms with Crippen LogP contribution in [-0.2, 0) is 6.42 Å². The normalized spacial score (nSPS) is 13.2. The summed E-state index contributed by atoms with van der Waals surface area (Å²) in [5.74, 6) is -0.207. The van der Waals surface area contributed by atoms with E-state index in [0.29, 0.717) is 10.6 Å². The van der Waals surface area contributed by atoms with Gasteiger partial charge in [0.1, 0.15) is 0 Å². The van der Waals surface area contributed by atoms with Crippen LogP contribution in [0.4, 0.5) is 11.4 Å². The summed E-state index contributed by atoms with van der Waals surface area (Å²) in [4.78, 5) is 15.0. The number of nitrogens with zero attached hydrogens (tertiary/aromatic N) is 3. The van der Waals surface area contributed by atoms with Crippen LogP contribution in [0.2, 0.25) is 5.02 Å². The van der Waals surface area contributed by atoms with Crippen LogP contribution in [0.15, 0.2) is 48.7 Å². The number of anilines is 2. The van der Waals surface area contributed by atoms with Crippen molar-refractivity contribution >= 4 is 28.9 Å². The predicted molar refractivity (Wildman–Crippen MR) is 100 cm³/mol. The molecule has 5 heteroatoms. The fourth-order valence-corrected chi connectivity index (χ4v) is 3.68. The first-order valence-corrected chi connectivity index (χ1v) is 8.65. The first-order valence-electron chi connectivity index (χ1n) is 8.28. The molecule has 0 radical (unpaired) electrons. The van der Waals surface area contributed by atoms with Gasteiger partial charge in [0.05, 0.1) is 28.2 Å². The molecule has 4 nitrogen and oxygen atoms in total. The van der Waals surface area contributed by atoms with Gasteiger partial charge in [0.2, 0.25) is 0 Å². The monoisotopic (exact) mass is 351 g/mol. The number of carbonyl (C=O) groups is 1. The molecule has 25 heavy (non-hydrogen) atoms. The number of hydrogen-bond donors (Lipinski definition) is 0. The molecule has 0 atom stereocenters. The third-order valence-electron chi connectivity index (χ3n) is 4.65. The summed E-state index contributed by atoms with van der Waals surface area (Å²) in [6, 6.07) is 13.3. The van der Waals surface area contributed by atoms with Gasteiger partial charge in [0.25, 0.3) is 5.91 Å². The molecule has 0 spiro atoms. The minimum Gasteiger partial charge on any atom is -0.338 e. The second-order valence-electron chi connectivity index (χ2n) is 6.33. The molecule has 126 valence electrons. The van der Waals surface area contributed by atoms with Crippen molar-refractivity contribution in [1.29, 1.82) is 0 Å². The summed E-state index contributed by atoms with van der Waals surface area (Å²) < 4.78 is 1.41. The van der Waals surface area contributed by atoms with Crippen LogP contribution in [0.5, 0.6) is 0 Å². The molecule has 0 saturated heterocycles. The van der Waals surface area contributed by atoms with Crippen LogP contribution in [0.25, 0.3) is 0 Å². The van der Waals surface area contributed by atoms with Crippen LogP contribution in [0, 0.1) is 13.8 Å². The van der Waals surface area contributed by atoms with Crippen molar-refractivity contribution in [2.75, 3.05) is 11.4 Å². The van der Waals surface area contributed by atoms with Gasteiger partial charge in [0, 0.05) is 18.7 Å². The Hall–Kier alpha value is -2.59. The molecule has 3 aromatic rings. The number of para-hydroxylation sites is 1. The molecular formula is C20H18ClN3O. The maximum atomic E-state index is 12.7. The Morgan fingerprint density at radius 1 is 1.08 bits per heavy atom. The molecule has 0 fully saturated rings. The minimum atomic E-state index is -0.207. The van der Waals surface area contributed by atoms with E-state index in [2.05, 4.69) is 42.0 Å². The Bertz CT molecular complexity index is 957. The van der Waals surface area contributed by atoms with Crippen molar-refractivity contribution in [3.63, 3.8) is 0 Å². The molecule has 0 unspecified atom stereocenters. The molecule has 0 saturated carbocycles. The van der Waals surface area contributed by atoms with E-state index in [-0.39, 0.29) is 5.91 Å². The van der Waals surface area contributed by atoms with E-state index in [9.17, 15) is 4.79 Å². The van der Waals surface area contributed by atoms with Gasteiger partial charge < -0.3 is 4.90 Å². The highest BCUT2D eigenvalue weighted by Crippen LogP contribution is 2.37. The van der Waals surface area contributed by atoms with E-state index >= 15 is 0 Å². The lowest BCUT2D eigenvalue weighted by Crippen LogP contribution is -2.18. The maximum Gasteiger partial charge on any atom is 0.279 e. The molecule has 2 aromatic carbocycles. The number of benzene rings is 2. The average Bonchev–Trinajstić information content (AvgIpc) is 3.16. The van der Waals surface area contributed by atoms with Gasteiger partial charge >= 0.3 is 0 Å². The number of rotatable bonds is 2. The van der Waals surface area contributed by atoms with Crippen molar-refractivity contribution in [2.45, 2.75) is 20.3 Å². The molecule has 1 aliphatic rings. The van der Waals surface area contributed by atoms with Crippen LogP contribution < -0.4 is 4.90 Å². The summed E-state index contributed by atoms with van der Waals surface area (Å²) in [6.45, 7) is 5.10. The average molecular weight is 352 g/mol. The van der Waals surface area contributed by atoms with E-state index < -0.39 is 0 Å². The van der Waals surface area contributed by atoms with Gasteiger partial charge in [-0.05, 0) is 37.1 Å². The zero-order valence-corrected chi connectivity index (χ0v) is 14.9. The third kappa shape index (κ3) is 2.63. The lowest BCUT2D eigenvalue weighted by atomic mass is 10.1. The highest BCUT2D eigenvalue weighted by Gasteiger charge is 2.27. The number of aromatic nitrogens is 2. The van der Waals surface area contributed by atoms with E-state index in [1.54, 1.807) is 18.2 Å². The molecule has 0 N–H and O–H groups in total. The SMILES string of the molecule is Cc1cccc(C)c1N1CCc2nn(C(=O)c3ccccc3Cl)cc21. The largest absolute Gasteiger partial charge is 0.338 e. The fraction of sp³-hybridized carbons (Fsp3) is 0.200. The number of halogens is 1. The third-order valence-corrected chi connectivity index (χ3v) is 4.98. The van der Waals surface area contributed by atoms with Crippen molar-refractivity contribution in [3.05, 3.63) is 76.1 Å². The van der Waals surface area contributed by atoms with Crippen molar-refractivity contribution < 1.29 is 4.79 Å². The van der Waals surface area contributed by atoms with E-state index in [0.717, 1.165) is 24.3 Å². The van der Waals surface area contributed by atoms with Crippen molar-refractivity contribution in [2.24, 2.45) is 0 Å². The zero-order chi connectivity index (χ0) is 17.6. The predicted octanol–water partition coefficient (Wildman–Crippen LogP) is 4.54. The van der Waals surface area contributed by atoms with Crippen LogP contribution in [-0.4, -0.2) is 22.2 Å². The Morgan fingerprint density at radius 2 is 1.80 bits per heavy atom. The topological polar surface area (TPSA) is 38.1 Å². The van der Waals surface area contributed by atoms with Crippen LogP contribution >= 0.6 is 11.6 Å². The van der Waals surface area contributed by atoms with Crippen LogP contribution in [0.1, 0.15) is 27.2 Å². The van der Waals surface area contributed by atoms with Crippen LogP contribution in [0.3, 0.4) is 0 Å². The van der Waals surface area contributed by atoms with Crippen molar-refractivity contribution in [3.8, 4) is 0 Å². The minimum absolute atomic E-state index is 0.207. The summed E-state index contributed by atoms with van der Waals surface area (Å²) in [7, 11) is 0. The first kappa shape index (κ1) is 15.9. The Kier molecular flexibility index (Phi) is 3.85. The number of hydrogen-bond acceptors (Lipinski definition) is 3. The van der Waals surface area contributed by atoms with Gasteiger partial charge in [-0.3, -0.25) is 4.79 Å². The van der Waals surface area contributed by atoms with Gasteiger partial charge in [-0.1, -0.05) is 41.9 Å². The fourth-order valence-electron chi connectivity index (χ4n) is 3.47. The summed E-state index contributed by atoms with van der Waals surface area (Å²) in [5.41, 5.74) is 6.05. The molecule has 2 heterocycles. The van der Waals surface area contributed by atoms with Crippen molar-refractivity contribution in [1.82, 2.24) is 9.78 Å². The molecule has 0 bridgehead atoms. The van der Waals surface area contributed by atoms with Gasteiger partial charge in [0.15, 0.2) is 0 Å². The summed E-state index contributed by atoms with van der Waals surface area (Å²) >= 11 is 6.16. The number of fused-ring (bicyclic) bond motifs is 1. The van der Waals surface area contributed by atoms with E-state index in [4.69, 9.17) is 11.6 Å². The molecule has 4 rings (SSSR count). The molecule has 1 aromatic heterocycles. The molecular weight excluding hydrogens is 334 g/mol.